The first-order chi connectivity index (χ1) is 7.53. The normalized spacial score (nSPS) is 12.8. The van der Waals surface area contributed by atoms with Gasteiger partial charge in [0.1, 0.15) is 5.75 Å². The molecule has 0 fully saturated rings. The first kappa shape index (κ1) is 14.8. The fourth-order valence-electron chi connectivity index (χ4n) is 1.38. The van der Waals surface area contributed by atoms with E-state index in [2.05, 4.69) is 15.9 Å². The van der Waals surface area contributed by atoms with E-state index in [0.29, 0.717) is 0 Å². The van der Waals surface area contributed by atoms with Gasteiger partial charge in [0, 0.05) is 0 Å². The van der Waals surface area contributed by atoms with Crippen LogP contribution in [0.3, 0.4) is 0 Å². The van der Waals surface area contributed by atoms with Crippen molar-refractivity contribution < 1.29 is 13.5 Å². The lowest BCUT2D eigenvalue weighted by atomic mass is 10.0. The van der Waals surface area contributed by atoms with E-state index in [1.807, 2.05) is 20.8 Å². The second kappa shape index (κ2) is 4.78. The van der Waals surface area contributed by atoms with Crippen molar-refractivity contribution in [1.29, 1.82) is 0 Å². The lowest BCUT2D eigenvalue weighted by molar-refractivity contribution is 0.461. The van der Waals surface area contributed by atoms with Gasteiger partial charge in [-0.2, -0.15) is 0 Å². The molecule has 1 rings (SSSR count). The van der Waals surface area contributed by atoms with Crippen LogP contribution >= 0.6 is 27.5 Å². The van der Waals surface area contributed by atoms with Crippen LogP contribution in [-0.2, 0) is 9.84 Å². The van der Waals surface area contributed by atoms with E-state index in [0.717, 1.165) is 0 Å². The molecular weight excluding hydrogens is 328 g/mol. The van der Waals surface area contributed by atoms with Crippen LogP contribution in [0.1, 0.15) is 20.8 Å². The van der Waals surface area contributed by atoms with E-state index in [1.54, 1.807) is 0 Å². The maximum Gasteiger partial charge on any atom is 0.178 e. The Balaban J connectivity index is 3.26. The number of benzene rings is 1. The summed E-state index contributed by atoms with van der Waals surface area (Å²) in [6, 6.07) is 2.63. The van der Waals surface area contributed by atoms with Crippen LogP contribution in [0.5, 0.6) is 5.75 Å². The van der Waals surface area contributed by atoms with Crippen LogP contribution in [0.25, 0.3) is 0 Å². The predicted molar refractivity (Wildman–Crippen MR) is 72.3 cm³/mol. The molecule has 0 spiro atoms. The molecule has 0 bridgehead atoms. The number of sulfone groups is 1. The highest BCUT2D eigenvalue weighted by atomic mass is 79.9. The first-order valence-corrected chi connectivity index (χ1v) is 7.76. The van der Waals surface area contributed by atoms with Crippen molar-refractivity contribution in [3.05, 3.63) is 21.6 Å². The minimum Gasteiger partial charge on any atom is -0.505 e. The number of phenols is 1. The second-order valence-corrected chi connectivity index (χ2v) is 8.31. The van der Waals surface area contributed by atoms with Crippen molar-refractivity contribution in [2.75, 3.05) is 5.75 Å². The van der Waals surface area contributed by atoms with Crippen molar-refractivity contribution in [3.8, 4) is 5.75 Å². The number of hydrogen-bond donors (Lipinski definition) is 1. The van der Waals surface area contributed by atoms with Gasteiger partial charge in [0.25, 0.3) is 0 Å². The fraction of sp³-hybridized carbons (Fsp3) is 0.455. The van der Waals surface area contributed by atoms with Crippen molar-refractivity contribution in [1.82, 2.24) is 0 Å². The van der Waals surface area contributed by atoms with Crippen molar-refractivity contribution >= 4 is 37.4 Å². The Labute approximate surface area is 115 Å². The SMILES string of the molecule is CC(C)(C)CS(=O)(=O)c1cc(Cl)c(O)c(Br)c1. The number of hydrogen-bond acceptors (Lipinski definition) is 3. The molecule has 1 aromatic rings. The van der Waals surface area contributed by atoms with Gasteiger partial charge in [-0.15, -0.1) is 0 Å². The van der Waals surface area contributed by atoms with Crippen LogP contribution in [0.15, 0.2) is 21.5 Å². The highest BCUT2D eigenvalue weighted by molar-refractivity contribution is 9.10. The predicted octanol–water partition coefficient (Wildman–Crippen LogP) is 3.63. The number of halogens is 2. The molecule has 17 heavy (non-hydrogen) atoms. The van der Waals surface area contributed by atoms with Crippen LogP contribution in [0, 0.1) is 5.41 Å². The quantitative estimate of drug-likeness (QED) is 0.893. The number of rotatable bonds is 2. The summed E-state index contributed by atoms with van der Waals surface area (Å²) >= 11 is 8.82. The minimum absolute atomic E-state index is 0.0202. The number of aromatic hydroxyl groups is 1. The van der Waals surface area contributed by atoms with Gasteiger partial charge in [0.05, 0.1) is 20.1 Å². The van der Waals surface area contributed by atoms with E-state index in [9.17, 15) is 13.5 Å². The summed E-state index contributed by atoms with van der Waals surface area (Å²) in [6.07, 6.45) is 0. The summed E-state index contributed by atoms with van der Waals surface area (Å²) < 4.78 is 24.5. The molecule has 0 heterocycles. The standard InChI is InChI=1S/C11H14BrClO3S/c1-11(2,3)6-17(15,16)7-4-8(12)10(14)9(13)5-7/h4-5,14H,6H2,1-3H3. The third-order valence-electron chi connectivity index (χ3n) is 1.97. The molecule has 0 amide bonds. The summed E-state index contributed by atoms with van der Waals surface area (Å²) in [7, 11) is -3.41. The Morgan fingerprint density at radius 3 is 2.29 bits per heavy atom. The average molecular weight is 342 g/mol. The minimum atomic E-state index is -3.41. The molecule has 6 heteroatoms. The summed E-state index contributed by atoms with van der Waals surface area (Å²) in [5.74, 6) is -0.130. The van der Waals surface area contributed by atoms with E-state index in [-0.39, 0.29) is 31.3 Å². The maximum atomic E-state index is 12.1. The Hall–Kier alpha value is -0.260. The van der Waals surface area contributed by atoms with Crippen LogP contribution in [-0.4, -0.2) is 19.3 Å². The second-order valence-electron chi connectivity index (χ2n) is 5.06. The first-order valence-electron chi connectivity index (χ1n) is 4.94. The lowest BCUT2D eigenvalue weighted by Gasteiger charge is -2.18. The van der Waals surface area contributed by atoms with Gasteiger partial charge in [-0.25, -0.2) is 8.42 Å². The smallest absolute Gasteiger partial charge is 0.178 e. The number of phenolic OH excluding ortho intramolecular Hbond substituents is 1. The van der Waals surface area contributed by atoms with Gasteiger partial charge >= 0.3 is 0 Å². The third-order valence-corrected chi connectivity index (χ3v) is 5.07. The highest BCUT2D eigenvalue weighted by Gasteiger charge is 2.24. The third kappa shape index (κ3) is 3.86. The highest BCUT2D eigenvalue weighted by Crippen LogP contribution is 2.35. The van der Waals surface area contributed by atoms with E-state index < -0.39 is 9.84 Å². The van der Waals surface area contributed by atoms with E-state index in [1.165, 1.54) is 12.1 Å². The monoisotopic (exact) mass is 340 g/mol. The molecule has 0 saturated carbocycles. The van der Waals surface area contributed by atoms with Crippen LogP contribution < -0.4 is 0 Å². The molecule has 1 N–H and O–H groups in total. The molecule has 0 aromatic heterocycles. The molecule has 0 aliphatic rings. The summed E-state index contributed by atoms with van der Waals surface area (Å²) in [5, 5.41) is 9.48. The van der Waals surface area contributed by atoms with Crippen molar-refractivity contribution in [2.45, 2.75) is 25.7 Å². The average Bonchev–Trinajstić information content (AvgIpc) is 2.09. The molecule has 0 aliphatic carbocycles. The Bertz CT molecular complexity index is 509. The zero-order valence-electron chi connectivity index (χ0n) is 9.79. The fourth-order valence-corrected chi connectivity index (χ4v) is 4.29. The van der Waals surface area contributed by atoms with Gasteiger partial charge in [-0.05, 0) is 33.5 Å². The summed E-state index contributed by atoms with van der Waals surface area (Å²) in [5.41, 5.74) is -0.338. The van der Waals surface area contributed by atoms with E-state index >= 15 is 0 Å². The molecule has 0 aliphatic heterocycles. The Morgan fingerprint density at radius 2 is 1.88 bits per heavy atom. The van der Waals surface area contributed by atoms with Gasteiger partial charge in [-0.1, -0.05) is 32.4 Å². The zero-order valence-corrected chi connectivity index (χ0v) is 12.9. The van der Waals surface area contributed by atoms with Gasteiger partial charge in [-0.3, -0.25) is 0 Å². The summed E-state index contributed by atoms with van der Waals surface area (Å²) in [6.45, 7) is 5.55. The van der Waals surface area contributed by atoms with E-state index in [4.69, 9.17) is 11.6 Å². The zero-order chi connectivity index (χ0) is 13.4. The largest absolute Gasteiger partial charge is 0.505 e. The van der Waals surface area contributed by atoms with Gasteiger partial charge in [0.15, 0.2) is 9.84 Å². The van der Waals surface area contributed by atoms with Crippen LogP contribution in [0.4, 0.5) is 0 Å². The Morgan fingerprint density at radius 1 is 1.35 bits per heavy atom. The van der Waals surface area contributed by atoms with Crippen LogP contribution in [0.2, 0.25) is 5.02 Å². The molecule has 96 valence electrons. The topological polar surface area (TPSA) is 54.4 Å². The molecule has 3 nitrogen and oxygen atoms in total. The molecule has 0 saturated heterocycles. The van der Waals surface area contributed by atoms with Crippen molar-refractivity contribution in [3.63, 3.8) is 0 Å². The summed E-state index contributed by atoms with van der Waals surface area (Å²) in [4.78, 5) is 0.113. The van der Waals surface area contributed by atoms with Crippen molar-refractivity contribution in [2.24, 2.45) is 5.41 Å². The van der Waals surface area contributed by atoms with Gasteiger partial charge < -0.3 is 5.11 Å². The maximum absolute atomic E-state index is 12.1. The Kier molecular flexibility index (Phi) is 4.16. The molecule has 0 atom stereocenters. The molecule has 1 aromatic carbocycles. The molecule has 0 unspecified atom stereocenters. The lowest BCUT2D eigenvalue weighted by Crippen LogP contribution is -2.20. The van der Waals surface area contributed by atoms with Gasteiger partial charge in [0.2, 0.25) is 0 Å². The molecule has 0 radical (unpaired) electrons. The molecular formula is C11H14BrClO3S.